The molecule has 0 radical (unpaired) electrons. The summed E-state index contributed by atoms with van der Waals surface area (Å²) in [6.07, 6.45) is 4.46. The molecule has 1 unspecified atom stereocenters. The number of carbonyl (C=O) groups is 1. The van der Waals surface area contributed by atoms with Crippen LogP contribution in [-0.2, 0) is 4.79 Å². The number of benzene rings is 1. The first-order valence-electron chi connectivity index (χ1n) is 6.20. The van der Waals surface area contributed by atoms with E-state index in [4.69, 9.17) is 5.11 Å². The average Bonchev–Trinajstić information content (AvgIpc) is 2.39. The van der Waals surface area contributed by atoms with E-state index in [1.165, 1.54) is 19.3 Å². The van der Waals surface area contributed by atoms with Gasteiger partial charge in [-0.1, -0.05) is 43.5 Å². The molecule has 1 atom stereocenters. The van der Waals surface area contributed by atoms with Crippen molar-refractivity contribution in [1.82, 2.24) is 0 Å². The Bertz CT molecular complexity index is 394. The maximum atomic E-state index is 10.9. The highest BCUT2D eigenvalue weighted by Crippen LogP contribution is 2.36. The van der Waals surface area contributed by atoms with Crippen LogP contribution in [0.25, 0.3) is 0 Å². The maximum Gasteiger partial charge on any atom is 0.337 e. The van der Waals surface area contributed by atoms with Gasteiger partial charge >= 0.3 is 5.97 Å². The van der Waals surface area contributed by atoms with Gasteiger partial charge in [-0.3, -0.25) is 0 Å². The minimum atomic E-state index is -1.40. The van der Waals surface area contributed by atoms with Crippen molar-refractivity contribution in [1.29, 1.82) is 0 Å². The Morgan fingerprint density at radius 3 is 2.47 bits per heavy atom. The summed E-state index contributed by atoms with van der Waals surface area (Å²) in [6, 6.07) is 7.38. The molecule has 0 heterocycles. The van der Waals surface area contributed by atoms with E-state index >= 15 is 0 Å². The molecule has 1 fully saturated rings. The van der Waals surface area contributed by atoms with Crippen LogP contribution >= 0.6 is 0 Å². The highest BCUT2D eigenvalue weighted by molar-refractivity contribution is 5.74. The summed E-state index contributed by atoms with van der Waals surface area (Å²) in [4.78, 5) is 10.9. The Morgan fingerprint density at radius 1 is 1.18 bits per heavy atom. The number of hydrogen-bond acceptors (Lipinski definition) is 2. The Balaban J connectivity index is 2.29. The first-order valence-corrected chi connectivity index (χ1v) is 6.20. The minimum absolute atomic E-state index is 0.411. The summed E-state index contributed by atoms with van der Waals surface area (Å²) in [6.45, 7) is 0. The predicted octanol–water partition coefficient (Wildman–Crippen LogP) is 2.85. The molecular weight excluding hydrogens is 216 g/mol. The van der Waals surface area contributed by atoms with Crippen LogP contribution in [0, 0.1) is 0 Å². The van der Waals surface area contributed by atoms with Crippen molar-refractivity contribution in [3.63, 3.8) is 0 Å². The summed E-state index contributed by atoms with van der Waals surface area (Å²) in [5.41, 5.74) is 1.58. The highest BCUT2D eigenvalue weighted by atomic mass is 16.4. The number of carboxylic acids is 1. The Morgan fingerprint density at radius 2 is 1.82 bits per heavy atom. The number of rotatable bonds is 3. The first kappa shape index (κ1) is 12.1. The minimum Gasteiger partial charge on any atom is -0.479 e. The van der Waals surface area contributed by atoms with Gasteiger partial charge in [0.25, 0.3) is 0 Å². The van der Waals surface area contributed by atoms with E-state index in [1.807, 2.05) is 12.1 Å². The van der Waals surface area contributed by atoms with Crippen LogP contribution in [0.2, 0.25) is 0 Å². The molecule has 0 bridgehead atoms. The largest absolute Gasteiger partial charge is 0.479 e. The fraction of sp³-hybridized carbons (Fsp3) is 0.500. The highest BCUT2D eigenvalue weighted by Gasteiger charge is 2.24. The molecule has 1 aromatic carbocycles. The standard InChI is InChI=1S/C14H18O3/c15-13(14(16)17)12-9-5-4-8-11(12)10-6-2-1-3-7-10/h4-5,8-10,13,15H,1-3,6-7H2,(H,16,17). The third-order valence-electron chi connectivity index (χ3n) is 3.57. The molecule has 0 amide bonds. The molecular formula is C14H18O3. The van der Waals surface area contributed by atoms with E-state index in [0.717, 1.165) is 18.4 Å². The van der Waals surface area contributed by atoms with Gasteiger partial charge in [0.05, 0.1) is 0 Å². The van der Waals surface area contributed by atoms with Gasteiger partial charge in [-0.05, 0) is 29.9 Å². The molecule has 2 rings (SSSR count). The second-order valence-electron chi connectivity index (χ2n) is 4.70. The van der Waals surface area contributed by atoms with Crippen molar-refractivity contribution in [2.75, 3.05) is 0 Å². The maximum absolute atomic E-state index is 10.9. The number of aliphatic carboxylic acids is 1. The van der Waals surface area contributed by atoms with Gasteiger partial charge in [-0.15, -0.1) is 0 Å². The lowest BCUT2D eigenvalue weighted by molar-refractivity contribution is -0.147. The smallest absolute Gasteiger partial charge is 0.337 e. The van der Waals surface area contributed by atoms with Crippen molar-refractivity contribution in [2.45, 2.75) is 44.1 Å². The molecule has 3 nitrogen and oxygen atoms in total. The van der Waals surface area contributed by atoms with Gasteiger partial charge in [0, 0.05) is 0 Å². The topological polar surface area (TPSA) is 57.5 Å². The van der Waals surface area contributed by atoms with Gasteiger partial charge in [-0.25, -0.2) is 4.79 Å². The summed E-state index contributed by atoms with van der Waals surface area (Å²) >= 11 is 0. The van der Waals surface area contributed by atoms with Crippen LogP contribution in [0.15, 0.2) is 24.3 Å². The SMILES string of the molecule is O=C(O)C(O)c1ccccc1C1CCCCC1. The average molecular weight is 234 g/mol. The van der Waals surface area contributed by atoms with Crippen molar-refractivity contribution in [3.8, 4) is 0 Å². The first-order chi connectivity index (χ1) is 8.20. The lowest BCUT2D eigenvalue weighted by atomic mass is 9.81. The Kier molecular flexibility index (Phi) is 3.79. The van der Waals surface area contributed by atoms with Crippen molar-refractivity contribution in [2.24, 2.45) is 0 Å². The zero-order chi connectivity index (χ0) is 12.3. The summed E-state index contributed by atoms with van der Waals surface area (Å²) < 4.78 is 0. The van der Waals surface area contributed by atoms with Crippen LogP contribution < -0.4 is 0 Å². The molecule has 1 aliphatic rings. The second-order valence-corrected chi connectivity index (χ2v) is 4.70. The van der Waals surface area contributed by atoms with Crippen molar-refractivity contribution < 1.29 is 15.0 Å². The molecule has 1 aromatic rings. The van der Waals surface area contributed by atoms with Crippen LogP contribution in [-0.4, -0.2) is 16.2 Å². The molecule has 17 heavy (non-hydrogen) atoms. The van der Waals surface area contributed by atoms with Crippen LogP contribution in [0.4, 0.5) is 0 Å². The fourth-order valence-corrected chi connectivity index (χ4v) is 2.68. The zero-order valence-corrected chi connectivity index (χ0v) is 9.80. The van der Waals surface area contributed by atoms with E-state index in [0.29, 0.717) is 11.5 Å². The summed E-state index contributed by atoms with van der Waals surface area (Å²) in [5, 5.41) is 18.6. The van der Waals surface area contributed by atoms with E-state index in [9.17, 15) is 9.90 Å². The molecule has 2 N–H and O–H groups in total. The van der Waals surface area contributed by atoms with Gasteiger partial charge in [-0.2, -0.15) is 0 Å². The zero-order valence-electron chi connectivity index (χ0n) is 9.80. The van der Waals surface area contributed by atoms with Crippen LogP contribution in [0.3, 0.4) is 0 Å². The molecule has 1 aliphatic carbocycles. The van der Waals surface area contributed by atoms with E-state index in [-0.39, 0.29) is 0 Å². The molecule has 3 heteroatoms. The van der Waals surface area contributed by atoms with E-state index in [2.05, 4.69) is 0 Å². The lowest BCUT2D eigenvalue weighted by Crippen LogP contribution is -2.15. The predicted molar refractivity (Wildman–Crippen MR) is 64.9 cm³/mol. The third kappa shape index (κ3) is 2.67. The summed E-state index contributed by atoms with van der Waals surface area (Å²) in [5.74, 6) is -0.762. The number of carboxylic acid groups (broad SMARTS) is 1. The van der Waals surface area contributed by atoms with E-state index in [1.54, 1.807) is 12.1 Å². The number of hydrogen-bond donors (Lipinski definition) is 2. The van der Waals surface area contributed by atoms with E-state index < -0.39 is 12.1 Å². The Labute approximate surface area is 101 Å². The normalized spacial score (nSPS) is 18.9. The Hall–Kier alpha value is -1.35. The van der Waals surface area contributed by atoms with Crippen LogP contribution in [0.5, 0.6) is 0 Å². The third-order valence-corrected chi connectivity index (χ3v) is 3.57. The quantitative estimate of drug-likeness (QED) is 0.845. The van der Waals surface area contributed by atoms with Gasteiger partial charge in [0.1, 0.15) is 0 Å². The second kappa shape index (κ2) is 5.32. The molecule has 0 saturated heterocycles. The molecule has 1 saturated carbocycles. The van der Waals surface area contributed by atoms with Crippen molar-refractivity contribution in [3.05, 3.63) is 35.4 Å². The molecule has 0 aromatic heterocycles. The number of aliphatic hydroxyl groups excluding tert-OH is 1. The molecule has 0 spiro atoms. The van der Waals surface area contributed by atoms with Gasteiger partial charge in [0.15, 0.2) is 6.10 Å². The monoisotopic (exact) mass is 234 g/mol. The van der Waals surface area contributed by atoms with Crippen LogP contribution in [0.1, 0.15) is 55.3 Å². The molecule has 0 aliphatic heterocycles. The van der Waals surface area contributed by atoms with Gasteiger partial charge in [0.2, 0.25) is 0 Å². The van der Waals surface area contributed by atoms with Crippen molar-refractivity contribution >= 4 is 5.97 Å². The summed E-state index contributed by atoms with van der Waals surface area (Å²) in [7, 11) is 0. The lowest BCUT2D eigenvalue weighted by Gasteiger charge is -2.25. The number of aliphatic hydroxyl groups is 1. The fourth-order valence-electron chi connectivity index (χ4n) is 2.68. The molecule has 92 valence electrons. The van der Waals surface area contributed by atoms with Gasteiger partial charge < -0.3 is 10.2 Å².